The van der Waals surface area contributed by atoms with Crippen molar-refractivity contribution in [2.24, 2.45) is 5.92 Å². The van der Waals surface area contributed by atoms with Crippen molar-refractivity contribution in [3.63, 3.8) is 0 Å². The molecule has 1 aromatic carbocycles. The molecule has 0 radical (unpaired) electrons. The van der Waals surface area contributed by atoms with Crippen molar-refractivity contribution in [3.8, 4) is 17.0 Å². The molecule has 0 aliphatic heterocycles. The summed E-state index contributed by atoms with van der Waals surface area (Å²) in [7, 11) is 0. The molecule has 0 spiro atoms. The summed E-state index contributed by atoms with van der Waals surface area (Å²) >= 11 is 1.60. The largest absolute Gasteiger partial charge is 0.490 e. The van der Waals surface area contributed by atoms with Crippen molar-refractivity contribution in [2.75, 3.05) is 5.73 Å². The standard InChI is InChI=1S/C16H20N2OS/c1-10(2)9-14-15(18-16(17)20-14)11-3-5-12(6-4-11)19-13-7-8-13/h3-6,10,13H,7-9H2,1-2H3,(H2,17,18). The van der Waals surface area contributed by atoms with E-state index in [4.69, 9.17) is 10.5 Å². The topological polar surface area (TPSA) is 48.1 Å². The van der Waals surface area contributed by atoms with Gasteiger partial charge in [0.2, 0.25) is 0 Å². The minimum atomic E-state index is 0.437. The highest BCUT2D eigenvalue weighted by atomic mass is 32.1. The second-order valence-electron chi connectivity index (χ2n) is 5.76. The zero-order valence-corrected chi connectivity index (χ0v) is 12.7. The quantitative estimate of drug-likeness (QED) is 0.899. The third-order valence-electron chi connectivity index (χ3n) is 3.26. The van der Waals surface area contributed by atoms with Gasteiger partial charge in [-0.15, -0.1) is 11.3 Å². The van der Waals surface area contributed by atoms with E-state index in [1.165, 1.54) is 17.7 Å². The van der Waals surface area contributed by atoms with Crippen LogP contribution in [-0.4, -0.2) is 11.1 Å². The van der Waals surface area contributed by atoms with E-state index in [2.05, 4.69) is 31.0 Å². The Morgan fingerprint density at radius 1 is 1.30 bits per heavy atom. The van der Waals surface area contributed by atoms with E-state index in [1.807, 2.05) is 12.1 Å². The van der Waals surface area contributed by atoms with Crippen LogP contribution >= 0.6 is 11.3 Å². The zero-order chi connectivity index (χ0) is 14.1. The summed E-state index contributed by atoms with van der Waals surface area (Å²) in [6.45, 7) is 4.43. The molecule has 0 bridgehead atoms. The molecule has 1 aliphatic carbocycles. The van der Waals surface area contributed by atoms with E-state index in [0.717, 1.165) is 23.4 Å². The molecule has 2 aromatic rings. The Morgan fingerprint density at radius 3 is 2.60 bits per heavy atom. The lowest BCUT2D eigenvalue weighted by Gasteiger charge is -2.07. The molecule has 1 aliphatic rings. The lowest BCUT2D eigenvalue weighted by Crippen LogP contribution is -1.96. The summed E-state index contributed by atoms with van der Waals surface area (Å²) in [5.74, 6) is 1.55. The molecule has 1 saturated carbocycles. The smallest absolute Gasteiger partial charge is 0.180 e. The highest BCUT2D eigenvalue weighted by Gasteiger charge is 2.23. The Kier molecular flexibility index (Phi) is 3.66. The van der Waals surface area contributed by atoms with E-state index in [-0.39, 0.29) is 0 Å². The van der Waals surface area contributed by atoms with Crippen molar-refractivity contribution in [3.05, 3.63) is 29.1 Å². The normalized spacial score (nSPS) is 14.8. The van der Waals surface area contributed by atoms with Crippen molar-refractivity contribution in [1.29, 1.82) is 0 Å². The van der Waals surface area contributed by atoms with Crippen LogP contribution in [0.2, 0.25) is 0 Å². The molecule has 0 saturated heterocycles. The number of nitrogens with two attached hydrogens (primary N) is 1. The van der Waals surface area contributed by atoms with Crippen LogP contribution in [0.15, 0.2) is 24.3 Å². The Morgan fingerprint density at radius 2 is 2.00 bits per heavy atom. The Labute approximate surface area is 123 Å². The number of ether oxygens (including phenoxy) is 1. The van der Waals surface area contributed by atoms with E-state index in [0.29, 0.717) is 17.2 Å². The van der Waals surface area contributed by atoms with E-state index in [9.17, 15) is 0 Å². The molecule has 106 valence electrons. The number of anilines is 1. The van der Waals surface area contributed by atoms with Gasteiger partial charge in [0, 0.05) is 10.4 Å². The highest BCUT2D eigenvalue weighted by molar-refractivity contribution is 7.15. The number of hydrogen-bond acceptors (Lipinski definition) is 4. The first-order chi connectivity index (χ1) is 9.61. The van der Waals surface area contributed by atoms with Crippen LogP contribution in [0.25, 0.3) is 11.3 Å². The van der Waals surface area contributed by atoms with E-state index in [1.54, 1.807) is 11.3 Å². The molecule has 1 aromatic heterocycles. The van der Waals surface area contributed by atoms with Crippen molar-refractivity contribution in [1.82, 2.24) is 4.98 Å². The number of benzene rings is 1. The molecule has 2 N–H and O–H groups in total. The monoisotopic (exact) mass is 288 g/mol. The zero-order valence-electron chi connectivity index (χ0n) is 11.9. The second-order valence-corrected chi connectivity index (χ2v) is 6.88. The first kappa shape index (κ1) is 13.4. The molecule has 0 unspecified atom stereocenters. The summed E-state index contributed by atoms with van der Waals surface area (Å²) < 4.78 is 5.77. The number of aromatic nitrogens is 1. The van der Waals surface area contributed by atoms with Gasteiger partial charge in [-0.3, -0.25) is 0 Å². The summed E-state index contributed by atoms with van der Waals surface area (Å²) in [5.41, 5.74) is 8.03. The maximum absolute atomic E-state index is 5.88. The summed E-state index contributed by atoms with van der Waals surface area (Å²) in [6.07, 6.45) is 3.82. The Hall–Kier alpha value is -1.55. The number of hydrogen-bond donors (Lipinski definition) is 1. The predicted octanol–water partition coefficient (Wildman–Crippen LogP) is 4.13. The van der Waals surface area contributed by atoms with Gasteiger partial charge in [0.05, 0.1) is 11.8 Å². The maximum atomic E-state index is 5.88. The van der Waals surface area contributed by atoms with Gasteiger partial charge in [0.25, 0.3) is 0 Å². The van der Waals surface area contributed by atoms with E-state index >= 15 is 0 Å². The van der Waals surface area contributed by atoms with Crippen LogP contribution in [0.5, 0.6) is 5.75 Å². The average Bonchev–Trinajstić information content (AvgIpc) is 3.13. The van der Waals surface area contributed by atoms with Crippen LogP contribution in [-0.2, 0) is 6.42 Å². The molecule has 3 rings (SSSR count). The molecule has 4 heteroatoms. The van der Waals surface area contributed by atoms with Gasteiger partial charge in [0.1, 0.15) is 5.75 Å². The van der Waals surface area contributed by atoms with Gasteiger partial charge in [-0.05, 0) is 49.4 Å². The molecule has 3 nitrogen and oxygen atoms in total. The summed E-state index contributed by atoms with van der Waals surface area (Å²) in [4.78, 5) is 5.76. The lowest BCUT2D eigenvalue weighted by atomic mass is 10.0. The third-order valence-corrected chi connectivity index (χ3v) is 4.17. The summed E-state index contributed by atoms with van der Waals surface area (Å²) in [6, 6.07) is 8.22. The van der Waals surface area contributed by atoms with Gasteiger partial charge in [0.15, 0.2) is 5.13 Å². The van der Waals surface area contributed by atoms with Gasteiger partial charge >= 0.3 is 0 Å². The molecule has 1 fully saturated rings. The minimum absolute atomic E-state index is 0.437. The van der Waals surface area contributed by atoms with Crippen LogP contribution in [0.1, 0.15) is 31.6 Å². The van der Waals surface area contributed by atoms with Gasteiger partial charge in [-0.25, -0.2) is 4.98 Å². The SMILES string of the molecule is CC(C)Cc1sc(N)nc1-c1ccc(OC2CC2)cc1. The maximum Gasteiger partial charge on any atom is 0.180 e. The van der Waals surface area contributed by atoms with Crippen LogP contribution in [0, 0.1) is 5.92 Å². The first-order valence-electron chi connectivity index (χ1n) is 7.14. The molecule has 0 amide bonds. The fourth-order valence-electron chi connectivity index (χ4n) is 2.17. The Bertz CT molecular complexity index is 585. The Balaban J connectivity index is 1.83. The molecular weight excluding hydrogens is 268 g/mol. The van der Waals surface area contributed by atoms with Gasteiger partial charge in [-0.1, -0.05) is 13.8 Å². The van der Waals surface area contributed by atoms with E-state index < -0.39 is 0 Å². The molecule has 20 heavy (non-hydrogen) atoms. The van der Waals surface area contributed by atoms with Crippen LogP contribution in [0.4, 0.5) is 5.13 Å². The number of thiazole rings is 1. The van der Waals surface area contributed by atoms with Crippen LogP contribution in [0.3, 0.4) is 0 Å². The minimum Gasteiger partial charge on any atom is -0.490 e. The van der Waals surface area contributed by atoms with Gasteiger partial charge < -0.3 is 10.5 Å². The van der Waals surface area contributed by atoms with Crippen molar-refractivity contribution >= 4 is 16.5 Å². The van der Waals surface area contributed by atoms with Crippen LogP contribution < -0.4 is 10.5 Å². The average molecular weight is 288 g/mol. The first-order valence-corrected chi connectivity index (χ1v) is 7.95. The highest BCUT2D eigenvalue weighted by Crippen LogP contribution is 2.33. The lowest BCUT2D eigenvalue weighted by molar-refractivity contribution is 0.303. The molecule has 0 atom stereocenters. The summed E-state index contributed by atoms with van der Waals surface area (Å²) in [5, 5.41) is 0.647. The van der Waals surface area contributed by atoms with Crippen molar-refractivity contribution < 1.29 is 4.74 Å². The van der Waals surface area contributed by atoms with Crippen molar-refractivity contribution in [2.45, 2.75) is 39.2 Å². The molecule has 1 heterocycles. The van der Waals surface area contributed by atoms with Gasteiger partial charge in [-0.2, -0.15) is 0 Å². The third kappa shape index (κ3) is 3.12. The fourth-order valence-corrected chi connectivity index (χ4v) is 3.24. The fraction of sp³-hybridized carbons (Fsp3) is 0.438. The predicted molar refractivity (Wildman–Crippen MR) is 84.2 cm³/mol. The number of rotatable bonds is 5. The molecular formula is C16H20N2OS. The number of nitrogen functional groups attached to an aromatic ring is 1. The second kappa shape index (κ2) is 5.44. The number of nitrogens with zero attached hydrogens (tertiary/aromatic N) is 1.